The Kier molecular flexibility index (Phi) is 9.13. The van der Waals surface area contributed by atoms with E-state index in [0.29, 0.717) is 6.42 Å². The smallest absolute Gasteiger partial charge is 0.243 e. The number of rotatable bonds is 10. The third kappa shape index (κ3) is 6.85. The summed E-state index contributed by atoms with van der Waals surface area (Å²) in [5.41, 5.74) is 1.14. The van der Waals surface area contributed by atoms with Crippen LogP contribution in [0.15, 0.2) is 53.4 Å². The van der Waals surface area contributed by atoms with Gasteiger partial charge in [0.1, 0.15) is 11.9 Å². The van der Waals surface area contributed by atoms with E-state index < -0.39 is 40.2 Å². The predicted octanol–water partition coefficient (Wildman–Crippen LogP) is 3.09. The molecule has 0 unspecified atom stereocenters. The van der Waals surface area contributed by atoms with Crippen molar-refractivity contribution in [1.82, 2.24) is 14.5 Å². The molecule has 0 aliphatic rings. The Morgan fingerprint density at radius 3 is 2.24 bits per heavy atom. The number of amides is 2. The first-order valence-corrected chi connectivity index (χ1v) is 12.3. The number of halogens is 1. The first kappa shape index (κ1) is 26.5. The van der Waals surface area contributed by atoms with E-state index in [-0.39, 0.29) is 23.0 Å². The van der Waals surface area contributed by atoms with Gasteiger partial charge in [-0.15, -0.1) is 0 Å². The monoisotopic (exact) mass is 477 g/mol. The summed E-state index contributed by atoms with van der Waals surface area (Å²) in [7, 11) is -2.62. The lowest BCUT2D eigenvalue weighted by Crippen LogP contribution is -2.52. The van der Waals surface area contributed by atoms with Gasteiger partial charge in [0.15, 0.2) is 0 Å². The van der Waals surface area contributed by atoms with Crippen LogP contribution in [-0.2, 0) is 26.2 Å². The van der Waals surface area contributed by atoms with Crippen LogP contribution in [0.1, 0.15) is 38.3 Å². The molecule has 2 aromatic carbocycles. The first-order valence-electron chi connectivity index (χ1n) is 10.8. The lowest BCUT2D eigenvalue weighted by atomic mass is 10.1. The minimum atomic E-state index is -3.92. The molecule has 0 aromatic heterocycles. The Hall–Kier alpha value is -2.78. The molecule has 0 spiro atoms. The number of likely N-dealkylation sites (N-methyl/N-ethyl adjacent to an activating group) is 1. The van der Waals surface area contributed by atoms with Crippen LogP contribution in [0, 0.1) is 12.7 Å². The van der Waals surface area contributed by atoms with Gasteiger partial charge in [-0.25, -0.2) is 12.8 Å². The van der Waals surface area contributed by atoms with Crippen molar-refractivity contribution in [2.45, 2.75) is 57.6 Å². The van der Waals surface area contributed by atoms with Crippen molar-refractivity contribution in [3.05, 3.63) is 65.5 Å². The van der Waals surface area contributed by atoms with Gasteiger partial charge in [0, 0.05) is 25.2 Å². The molecule has 33 heavy (non-hydrogen) atoms. The predicted molar refractivity (Wildman–Crippen MR) is 125 cm³/mol. The molecule has 2 aromatic rings. The van der Waals surface area contributed by atoms with Gasteiger partial charge < -0.3 is 10.2 Å². The van der Waals surface area contributed by atoms with E-state index in [1.165, 1.54) is 42.3 Å². The van der Waals surface area contributed by atoms with Crippen LogP contribution >= 0.6 is 0 Å². The Labute approximate surface area is 195 Å². The second-order valence-corrected chi connectivity index (χ2v) is 10.2. The van der Waals surface area contributed by atoms with Crippen molar-refractivity contribution >= 4 is 21.8 Å². The summed E-state index contributed by atoms with van der Waals surface area (Å²) < 4.78 is 41.1. The molecule has 0 saturated carbocycles. The van der Waals surface area contributed by atoms with Crippen LogP contribution in [0.2, 0.25) is 0 Å². The highest BCUT2D eigenvalue weighted by atomic mass is 32.2. The second kappa shape index (κ2) is 11.4. The van der Waals surface area contributed by atoms with Crippen LogP contribution in [0.3, 0.4) is 0 Å². The van der Waals surface area contributed by atoms with Crippen LogP contribution in [-0.4, -0.2) is 55.1 Å². The zero-order valence-electron chi connectivity index (χ0n) is 19.7. The highest BCUT2D eigenvalue weighted by Gasteiger charge is 2.31. The molecule has 2 rings (SSSR count). The van der Waals surface area contributed by atoms with E-state index in [2.05, 4.69) is 5.32 Å². The molecule has 2 amide bonds. The maximum absolute atomic E-state index is 14.3. The minimum Gasteiger partial charge on any atom is -0.352 e. The average Bonchev–Trinajstić information content (AvgIpc) is 2.78. The molecule has 0 bridgehead atoms. The van der Waals surface area contributed by atoms with Crippen LogP contribution in [0.5, 0.6) is 0 Å². The molecular formula is C24H32FN3O4S. The largest absolute Gasteiger partial charge is 0.352 e. The van der Waals surface area contributed by atoms with Crippen LogP contribution in [0.4, 0.5) is 4.39 Å². The summed E-state index contributed by atoms with van der Waals surface area (Å²) in [6.45, 7) is 6.49. The SMILES string of the molecule is CC[C@H](C)NC(=O)[C@H](C)N(Cc1ccccc1F)C(=O)CN(C)S(=O)(=O)c1ccc(C)cc1. The van der Waals surface area contributed by atoms with Gasteiger partial charge in [0.05, 0.1) is 11.4 Å². The molecule has 0 saturated heterocycles. The van der Waals surface area contributed by atoms with E-state index in [1.807, 2.05) is 20.8 Å². The van der Waals surface area contributed by atoms with Gasteiger partial charge in [-0.2, -0.15) is 4.31 Å². The third-order valence-electron chi connectivity index (χ3n) is 5.55. The van der Waals surface area contributed by atoms with Gasteiger partial charge in [0.2, 0.25) is 21.8 Å². The summed E-state index contributed by atoms with van der Waals surface area (Å²) in [5, 5.41) is 2.82. The maximum atomic E-state index is 14.3. The Morgan fingerprint density at radius 2 is 1.67 bits per heavy atom. The zero-order chi connectivity index (χ0) is 24.8. The number of nitrogens with zero attached hydrogens (tertiary/aromatic N) is 2. The third-order valence-corrected chi connectivity index (χ3v) is 7.37. The van der Waals surface area contributed by atoms with Gasteiger partial charge in [-0.3, -0.25) is 9.59 Å². The number of nitrogens with one attached hydrogen (secondary N) is 1. The van der Waals surface area contributed by atoms with Gasteiger partial charge in [0.25, 0.3) is 0 Å². The van der Waals surface area contributed by atoms with E-state index in [1.54, 1.807) is 25.1 Å². The fourth-order valence-corrected chi connectivity index (χ4v) is 4.24. The highest BCUT2D eigenvalue weighted by Crippen LogP contribution is 2.17. The number of benzene rings is 2. The number of hydrogen-bond acceptors (Lipinski definition) is 4. The highest BCUT2D eigenvalue weighted by molar-refractivity contribution is 7.89. The topological polar surface area (TPSA) is 86.8 Å². The lowest BCUT2D eigenvalue weighted by molar-refractivity contribution is -0.140. The summed E-state index contributed by atoms with van der Waals surface area (Å²) in [6.07, 6.45) is 0.706. The molecule has 7 nitrogen and oxygen atoms in total. The number of carbonyl (C=O) groups is 2. The Bertz CT molecular complexity index is 1070. The number of aryl methyl sites for hydroxylation is 1. The summed E-state index contributed by atoms with van der Waals surface area (Å²) in [4.78, 5) is 27.2. The molecule has 0 radical (unpaired) electrons. The molecule has 180 valence electrons. The van der Waals surface area contributed by atoms with Gasteiger partial charge in [-0.05, 0) is 45.4 Å². The van der Waals surface area contributed by atoms with Gasteiger partial charge in [-0.1, -0.05) is 42.8 Å². The molecule has 2 atom stereocenters. The summed E-state index contributed by atoms with van der Waals surface area (Å²) in [6, 6.07) is 11.2. The van der Waals surface area contributed by atoms with Crippen molar-refractivity contribution in [3.63, 3.8) is 0 Å². The maximum Gasteiger partial charge on any atom is 0.243 e. The zero-order valence-corrected chi connectivity index (χ0v) is 20.5. The molecule has 0 aliphatic carbocycles. The van der Waals surface area contributed by atoms with E-state index in [4.69, 9.17) is 0 Å². The molecule has 0 aliphatic heterocycles. The molecule has 0 heterocycles. The fraction of sp³-hybridized carbons (Fsp3) is 0.417. The van der Waals surface area contributed by atoms with E-state index >= 15 is 0 Å². The fourth-order valence-electron chi connectivity index (χ4n) is 3.11. The lowest BCUT2D eigenvalue weighted by Gasteiger charge is -2.31. The van der Waals surface area contributed by atoms with Crippen LogP contribution in [0.25, 0.3) is 0 Å². The molecule has 9 heteroatoms. The van der Waals surface area contributed by atoms with Crippen molar-refractivity contribution in [3.8, 4) is 0 Å². The van der Waals surface area contributed by atoms with Crippen molar-refractivity contribution in [1.29, 1.82) is 0 Å². The summed E-state index contributed by atoms with van der Waals surface area (Å²) in [5.74, 6) is -1.51. The molecular weight excluding hydrogens is 445 g/mol. The second-order valence-electron chi connectivity index (χ2n) is 8.18. The normalized spacial score (nSPS) is 13.4. The van der Waals surface area contributed by atoms with E-state index in [0.717, 1.165) is 9.87 Å². The number of hydrogen-bond donors (Lipinski definition) is 1. The van der Waals surface area contributed by atoms with E-state index in [9.17, 15) is 22.4 Å². The van der Waals surface area contributed by atoms with Crippen molar-refractivity contribution < 1.29 is 22.4 Å². The van der Waals surface area contributed by atoms with Gasteiger partial charge >= 0.3 is 0 Å². The number of carbonyl (C=O) groups excluding carboxylic acids is 2. The molecule has 0 fully saturated rings. The Balaban J connectivity index is 2.29. The van der Waals surface area contributed by atoms with Crippen molar-refractivity contribution in [2.24, 2.45) is 0 Å². The average molecular weight is 478 g/mol. The van der Waals surface area contributed by atoms with Crippen molar-refractivity contribution in [2.75, 3.05) is 13.6 Å². The standard InChI is InChI=1S/C24H32FN3O4S/c1-6-18(3)26-24(30)19(4)28(15-20-9-7-8-10-22(20)25)23(29)16-27(5)33(31,32)21-13-11-17(2)12-14-21/h7-14,18-19H,6,15-16H2,1-5H3,(H,26,30)/t18-,19-/m0/s1. The first-order chi connectivity index (χ1) is 15.5. The quantitative estimate of drug-likeness (QED) is 0.570. The van der Waals surface area contributed by atoms with Crippen LogP contribution < -0.4 is 5.32 Å². The molecule has 1 N–H and O–H groups in total. The Morgan fingerprint density at radius 1 is 1.06 bits per heavy atom. The number of sulfonamides is 1. The minimum absolute atomic E-state index is 0.0617. The summed E-state index contributed by atoms with van der Waals surface area (Å²) >= 11 is 0.